The highest BCUT2D eigenvalue weighted by molar-refractivity contribution is 7.09. The highest BCUT2D eigenvalue weighted by Crippen LogP contribution is 2.34. The molecule has 98 valence electrons. The molecule has 1 aromatic heterocycles. The molecule has 0 saturated carbocycles. The number of anilines is 1. The summed E-state index contributed by atoms with van der Waals surface area (Å²) < 4.78 is 5.51. The summed E-state index contributed by atoms with van der Waals surface area (Å²) in [6.07, 6.45) is -0.457. The first-order valence-corrected chi connectivity index (χ1v) is 6.82. The average molecular weight is 275 g/mol. The van der Waals surface area contributed by atoms with Gasteiger partial charge in [0.25, 0.3) is 5.91 Å². The number of hydrogen-bond donors (Lipinski definition) is 2. The summed E-state index contributed by atoms with van der Waals surface area (Å²) in [7, 11) is 0. The van der Waals surface area contributed by atoms with Crippen LogP contribution in [0.15, 0.2) is 23.6 Å². The van der Waals surface area contributed by atoms with E-state index >= 15 is 0 Å². The fourth-order valence-electron chi connectivity index (χ4n) is 1.91. The Morgan fingerprint density at radius 1 is 1.53 bits per heavy atom. The fourth-order valence-corrected chi connectivity index (χ4v) is 2.59. The normalized spacial score (nSPS) is 17.6. The molecule has 1 aliphatic heterocycles. The molecule has 19 heavy (non-hydrogen) atoms. The molecule has 1 atom stereocenters. The summed E-state index contributed by atoms with van der Waals surface area (Å²) in [5.74, 6) is 0.552. The van der Waals surface area contributed by atoms with Crippen molar-refractivity contribution in [1.29, 1.82) is 0 Å². The van der Waals surface area contributed by atoms with Crippen LogP contribution in [0.25, 0.3) is 11.3 Å². The molecule has 6 heteroatoms. The van der Waals surface area contributed by atoms with Gasteiger partial charge in [-0.1, -0.05) is 0 Å². The number of carbonyl (C=O) groups is 1. The molecule has 2 aromatic rings. The molecule has 0 saturated heterocycles. The molecule has 1 aromatic carbocycles. The van der Waals surface area contributed by atoms with Gasteiger partial charge in [0.1, 0.15) is 10.8 Å². The van der Waals surface area contributed by atoms with Crippen molar-refractivity contribution in [2.75, 3.05) is 5.32 Å². The summed E-state index contributed by atoms with van der Waals surface area (Å²) in [6, 6.07) is 5.65. The van der Waals surface area contributed by atoms with Gasteiger partial charge in [-0.15, -0.1) is 11.3 Å². The zero-order chi connectivity index (χ0) is 13.4. The first-order chi connectivity index (χ1) is 9.17. The van der Waals surface area contributed by atoms with E-state index in [9.17, 15) is 4.79 Å². The molecule has 1 amide bonds. The highest BCUT2D eigenvalue weighted by atomic mass is 32.1. The summed E-state index contributed by atoms with van der Waals surface area (Å²) >= 11 is 1.53. The van der Waals surface area contributed by atoms with E-state index in [1.165, 1.54) is 11.3 Å². The third kappa shape index (κ3) is 2.20. The van der Waals surface area contributed by atoms with Crippen LogP contribution >= 0.6 is 11.3 Å². The maximum absolute atomic E-state index is 11.6. The summed E-state index contributed by atoms with van der Waals surface area (Å²) in [4.78, 5) is 16.0. The van der Waals surface area contributed by atoms with Crippen LogP contribution in [-0.4, -0.2) is 17.0 Å². The maximum atomic E-state index is 11.6. The molecule has 2 heterocycles. The molecule has 3 rings (SSSR count). The number of rotatable bonds is 2. The summed E-state index contributed by atoms with van der Waals surface area (Å²) in [6.45, 7) is 2.16. The minimum Gasteiger partial charge on any atom is -0.479 e. The Balaban J connectivity index is 1.97. The summed E-state index contributed by atoms with van der Waals surface area (Å²) in [5, 5.41) is 5.67. The van der Waals surface area contributed by atoms with Gasteiger partial charge in [0.05, 0.1) is 11.4 Å². The van der Waals surface area contributed by atoms with E-state index in [0.29, 0.717) is 18.0 Å². The number of carbonyl (C=O) groups excluding carboxylic acids is 1. The van der Waals surface area contributed by atoms with Gasteiger partial charge in [-0.25, -0.2) is 4.98 Å². The van der Waals surface area contributed by atoms with Crippen molar-refractivity contribution in [1.82, 2.24) is 4.98 Å². The quantitative estimate of drug-likeness (QED) is 0.878. The third-order valence-corrected chi connectivity index (χ3v) is 3.80. The topological polar surface area (TPSA) is 77.2 Å². The molecule has 1 unspecified atom stereocenters. The van der Waals surface area contributed by atoms with Crippen molar-refractivity contribution >= 4 is 22.9 Å². The number of aromatic nitrogens is 1. The Hall–Kier alpha value is -1.92. The SMILES string of the molecule is CC1Oc2ccc(-c3csc(CN)n3)cc2NC1=O. The largest absolute Gasteiger partial charge is 0.479 e. The maximum Gasteiger partial charge on any atom is 0.265 e. The van der Waals surface area contributed by atoms with E-state index in [0.717, 1.165) is 16.3 Å². The van der Waals surface area contributed by atoms with Gasteiger partial charge in [0.15, 0.2) is 6.10 Å². The average Bonchev–Trinajstić information content (AvgIpc) is 2.88. The van der Waals surface area contributed by atoms with Crippen LogP contribution in [0, 0.1) is 0 Å². The van der Waals surface area contributed by atoms with Crippen molar-refractivity contribution in [2.45, 2.75) is 19.6 Å². The Bertz CT molecular complexity index is 639. The van der Waals surface area contributed by atoms with E-state index in [4.69, 9.17) is 10.5 Å². The monoisotopic (exact) mass is 275 g/mol. The minimum absolute atomic E-state index is 0.134. The van der Waals surface area contributed by atoms with Gasteiger partial charge in [0, 0.05) is 17.5 Å². The number of nitrogens with two attached hydrogens (primary N) is 1. The second kappa shape index (κ2) is 4.64. The number of fused-ring (bicyclic) bond motifs is 1. The Kier molecular flexibility index (Phi) is 2.96. The van der Waals surface area contributed by atoms with Crippen LogP contribution in [0.1, 0.15) is 11.9 Å². The van der Waals surface area contributed by atoms with Gasteiger partial charge in [-0.05, 0) is 25.1 Å². The number of hydrogen-bond acceptors (Lipinski definition) is 5. The number of benzene rings is 1. The van der Waals surface area contributed by atoms with Crippen molar-refractivity contribution in [3.05, 3.63) is 28.6 Å². The van der Waals surface area contributed by atoms with E-state index in [1.54, 1.807) is 6.92 Å². The predicted molar refractivity (Wildman–Crippen MR) is 74.2 cm³/mol. The second-order valence-corrected chi connectivity index (χ2v) is 5.23. The van der Waals surface area contributed by atoms with Gasteiger partial charge in [-0.2, -0.15) is 0 Å². The van der Waals surface area contributed by atoms with E-state index in [1.807, 2.05) is 23.6 Å². The molecule has 0 radical (unpaired) electrons. The molecule has 0 fully saturated rings. The zero-order valence-electron chi connectivity index (χ0n) is 10.3. The van der Waals surface area contributed by atoms with E-state index < -0.39 is 6.10 Å². The first kappa shape index (κ1) is 12.1. The van der Waals surface area contributed by atoms with Gasteiger partial charge in [0.2, 0.25) is 0 Å². The molecule has 3 N–H and O–H groups in total. The number of nitrogens with zero attached hydrogens (tertiary/aromatic N) is 1. The lowest BCUT2D eigenvalue weighted by Gasteiger charge is -2.23. The Morgan fingerprint density at radius 3 is 3.11 bits per heavy atom. The zero-order valence-corrected chi connectivity index (χ0v) is 11.2. The lowest BCUT2D eigenvalue weighted by molar-refractivity contribution is -0.122. The van der Waals surface area contributed by atoms with Crippen molar-refractivity contribution in [3.8, 4) is 17.0 Å². The van der Waals surface area contributed by atoms with Crippen LogP contribution in [0.3, 0.4) is 0 Å². The Labute approximate surface area is 114 Å². The van der Waals surface area contributed by atoms with Crippen molar-refractivity contribution in [3.63, 3.8) is 0 Å². The smallest absolute Gasteiger partial charge is 0.265 e. The number of ether oxygens (including phenoxy) is 1. The predicted octanol–water partition coefficient (Wildman–Crippen LogP) is 1.99. The van der Waals surface area contributed by atoms with Crippen LogP contribution in [0.4, 0.5) is 5.69 Å². The molecule has 5 nitrogen and oxygen atoms in total. The number of amides is 1. The van der Waals surface area contributed by atoms with Gasteiger partial charge >= 0.3 is 0 Å². The minimum atomic E-state index is -0.457. The molecular weight excluding hydrogens is 262 g/mol. The lowest BCUT2D eigenvalue weighted by atomic mass is 10.1. The standard InChI is InChI=1S/C13H13N3O2S/c1-7-13(17)16-9-4-8(2-3-11(9)18-7)10-6-19-12(5-14)15-10/h2-4,6-7H,5,14H2,1H3,(H,16,17). The van der Waals surface area contributed by atoms with Crippen molar-refractivity contribution in [2.24, 2.45) is 5.73 Å². The fraction of sp³-hybridized carbons (Fsp3) is 0.231. The summed E-state index contributed by atoms with van der Waals surface area (Å²) in [5.41, 5.74) is 8.04. The van der Waals surface area contributed by atoms with E-state index in [-0.39, 0.29) is 5.91 Å². The van der Waals surface area contributed by atoms with Gasteiger partial charge in [-0.3, -0.25) is 4.79 Å². The molecular formula is C13H13N3O2S. The number of nitrogens with one attached hydrogen (secondary N) is 1. The van der Waals surface area contributed by atoms with Crippen LogP contribution < -0.4 is 15.8 Å². The highest BCUT2D eigenvalue weighted by Gasteiger charge is 2.23. The molecule has 1 aliphatic rings. The molecule has 0 bridgehead atoms. The van der Waals surface area contributed by atoms with Crippen molar-refractivity contribution < 1.29 is 9.53 Å². The van der Waals surface area contributed by atoms with E-state index in [2.05, 4.69) is 10.3 Å². The lowest BCUT2D eigenvalue weighted by Crippen LogP contribution is -2.34. The molecule has 0 aliphatic carbocycles. The second-order valence-electron chi connectivity index (χ2n) is 4.29. The van der Waals surface area contributed by atoms with Crippen LogP contribution in [0.2, 0.25) is 0 Å². The van der Waals surface area contributed by atoms with Crippen LogP contribution in [-0.2, 0) is 11.3 Å². The van der Waals surface area contributed by atoms with Crippen LogP contribution in [0.5, 0.6) is 5.75 Å². The third-order valence-electron chi connectivity index (χ3n) is 2.93. The van der Waals surface area contributed by atoms with Gasteiger partial charge < -0.3 is 15.8 Å². The number of thiazole rings is 1. The molecule has 0 spiro atoms. The first-order valence-electron chi connectivity index (χ1n) is 5.94. The Morgan fingerprint density at radius 2 is 2.37 bits per heavy atom.